The van der Waals surface area contributed by atoms with Crippen LogP contribution < -0.4 is 0 Å². The van der Waals surface area contributed by atoms with E-state index in [1.807, 2.05) is 6.20 Å². The van der Waals surface area contributed by atoms with Crippen molar-refractivity contribution < 1.29 is 0 Å². The fraction of sp³-hybridized carbons (Fsp3) is 0.375. The van der Waals surface area contributed by atoms with Crippen LogP contribution in [0.25, 0.3) is 0 Å². The number of aromatic nitrogens is 1. The van der Waals surface area contributed by atoms with E-state index < -0.39 is 0 Å². The monoisotopic (exact) mass is 279 g/mol. The quantitative estimate of drug-likeness (QED) is 0.720. The van der Waals surface area contributed by atoms with E-state index in [4.69, 9.17) is 0 Å². The van der Waals surface area contributed by atoms with Gasteiger partial charge in [0.1, 0.15) is 0 Å². The van der Waals surface area contributed by atoms with Gasteiger partial charge in [-0.2, -0.15) is 0 Å². The minimum atomic E-state index is 0. The average Bonchev–Trinajstić information content (AvgIpc) is 1.88. The van der Waals surface area contributed by atoms with Gasteiger partial charge in [-0.05, 0) is 25.0 Å². The van der Waals surface area contributed by atoms with Crippen LogP contribution >= 0.6 is 32.9 Å². The largest absolute Gasteiger partial charge is 0.260 e. The SMILES string of the molecule is Br.Cc1cnc(CBr)c(C)c1. The molecule has 0 bridgehead atoms. The number of nitrogens with zero attached hydrogens (tertiary/aromatic N) is 1. The van der Waals surface area contributed by atoms with Gasteiger partial charge in [0, 0.05) is 11.5 Å². The Hall–Kier alpha value is 0.110. The highest BCUT2D eigenvalue weighted by atomic mass is 79.9. The van der Waals surface area contributed by atoms with Crippen LogP contribution in [0.2, 0.25) is 0 Å². The molecule has 1 aromatic rings. The maximum absolute atomic E-state index is 4.25. The zero-order valence-electron chi connectivity index (χ0n) is 6.60. The first-order valence-corrected chi connectivity index (χ1v) is 4.34. The zero-order chi connectivity index (χ0) is 7.56. The van der Waals surface area contributed by atoms with Crippen molar-refractivity contribution in [3.63, 3.8) is 0 Å². The van der Waals surface area contributed by atoms with Crippen molar-refractivity contribution in [1.82, 2.24) is 4.98 Å². The second kappa shape index (κ2) is 4.88. The molecule has 1 rings (SSSR count). The highest BCUT2D eigenvalue weighted by Crippen LogP contribution is 2.09. The topological polar surface area (TPSA) is 12.9 Å². The highest BCUT2D eigenvalue weighted by molar-refractivity contribution is 9.08. The fourth-order valence-electron chi connectivity index (χ4n) is 0.884. The van der Waals surface area contributed by atoms with Crippen LogP contribution in [0.4, 0.5) is 0 Å². The van der Waals surface area contributed by atoms with Crippen LogP contribution in [0, 0.1) is 13.8 Å². The van der Waals surface area contributed by atoms with Crippen molar-refractivity contribution in [2.75, 3.05) is 0 Å². The molecule has 1 heterocycles. The van der Waals surface area contributed by atoms with E-state index >= 15 is 0 Å². The summed E-state index contributed by atoms with van der Waals surface area (Å²) in [5.41, 5.74) is 3.62. The predicted octanol–water partition coefficient (Wildman–Crippen LogP) is 3.17. The summed E-state index contributed by atoms with van der Waals surface area (Å²) >= 11 is 3.37. The molecule has 0 aliphatic heterocycles. The van der Waals surface area contributed by atoms with Crippen molar-refractivity contribution >= 4 is 32.9 Å². The number of pyridine rings is 1. The first-order valence-electron chi connectivity index (χ1n) is 3.22. The van der Waals surface area contributed by atoms with Crippen LogP contribution in [0.3, 0.4) is 0 Å². The zero-order valence-corrected chi connectivity index (χ0v) is 9.89. The third kappa shape index (κ3) is 2.91. The third-order valence-electron chi connectivity index (χ3n) is 1.45. The highest BCUT2D eigenvalue weighted by Gasteiger charge is 1.95. The molecule has 0 spiro atoms. The molecule has 1 aromatic heterocycles. The van der Waals surface area contributed by atoms with Gasteiger partial charge < -0.3 is 0 Å². The summed E-state index contributed by atoms with van der Waals surface area (Å²) in [5.74, 6) is 0. The molecule has 3 heteroatoms. The van der Waals surface area contributed by atoms with Gasteiger partial charge in [-0.1, -0.05) is 22.0 Å². The Kier molecular flexibility index (Phi) is 4.93. The van der Waals surface area contributed by atoms with E-state index in [-0.39, 0.29) is 17.0 Å². The van der Waals surface area contributed by atoms with Crippen molar-refractivity contribution in [3.8, 4) is 0 Å². The van der Waals surface area contributed by atoms with Gasteiger partial charge in [0.15, 0.2) is 0 Å². The second-order valence-corrected chi connectivity index (χ2v) is 2.97. The lowest BCUT2D eigenvalue weighted by Crippen LogP contribution is -1.89. The van der Waals surface area contributed by atoms with E-state index in [9.17, 15) is 0 Å². The third-order valence-corrected chi connectivity index (χ3v) is 1.98. The molecular weight excluding hydrogens is 270 g/mol. The molecule has 0 saturated heterocycles. The molecule has 0 aliphatic rings. The fourth-order valence-corrected chi connectivity index (χ4v) is 1.47. The molecular formula is C8H11Br2N. The normalized spacial score (nSPS) is 9.00. The lowest BCUT2D eigenvalue weighted by atomic mass is 10.2. The van der Waals surface area contributed by atoms with Crippen LogP contribution in [0.1, 0.15) is 16.8 Å². The van der Waals surface area contributed by atoms with Gasteiger partial charge in [0.05, 0.1) is 5.69 Å². The Morgan fingerprint density at radius 3 is 2.55 bits per heavy atom. The summed E-state index contributed by atoms with van der Waals surface area (Å²) in [4.78, 5) is 4.25. The van der Waals surface area contributed by atoms with Crippen molar-refractivity contribution in [3.05, 3.63) is 29.1 Å². The molecule has 0 saturated carbocycles. The van der Waals surface area contributed by atoms with Crippen molar-refractivity contribution in [2.45, 2.75) is 19.2 Å². The van der Waals surface area contributed by atoms with E-state index in [1.54, 1.807) is 0 Å². The van der Waals surface area contributed by atoms with Gasteiger partial charge in [-0.25, -0.2) is 0 Å². The molecule has 62 valence electrons. The molecule has 1 nitrogen and oxygen atoms in total. The molecule has 0 N–H and O–H groups in total. The molecule has 0 amide bonds. The molecule has 0 atom stereocenters. The number of hydrogen-bond donors (Lipinski definition) is 0. The van der Waals surface area contributed by atoms with E-state index in [0.29, 0.717) is 0 Å². The first kappa shape index (κ1) is 11.1. The van der Waals surface area contributed by atoms with Crippen LogP contribution in [-0.2, 0) is 5.33 Å². The van der Waals surface area contributed by atoms with E-state index in [1.165, 1.54) is 11.1 Å². The number of hydrogen-bond acceptors (Lipinski definition) is 1. The summed E-state index contributed by atoms with van der Waals surface area (Å²) in [6.45, 7) is 4.13. The van der Waals surface area contributed by atoms with Gasteiger partial charge in [-0.3, -0.25) is 4.98 Å². The van der Waals surface area contributed by atoms with Crippen LogP contribution in [-0.4, -0.2) is 4.98 Å². The van der Waals surface area contributed by atoms with Crippen LogP contribution in [0.5, 0.6) is 0 Å². The number of halogens is 2. The minimum Gasteiger partial charge on any atom is -0.260 e. The molecule has 0 aliphatic carbocycles. The van der Waals surface area contributed by atoms with Crippen molar-refractivity contribution in [2.24, 2.45) is 0 Å². The summed E-state index contributed by atoms with van der Waals surface area (Å²) in [6.07, 6.45) is 1.89. The Labute approximate surface area is 86.1 Å². The Morgan fingerprint density at radius 2 is 2.09 bits per heavy atom. The van der Waals surface area contributed by atoms with E-state index in [2.05, 4.69) is 40.8 Å². The number of rotatable bonds is 1. The smallest absolute Gasteiger partial charge is 0.0538 e. The maximum Gasteiger partial charge on any atom is 0.0538 e. The lowest BCUT2D eigenvalue weighted by Gasteiger charge is -2.00. The molecule has 0 fully saturated rings. The Morgan fingerprint density at radius 1 is 1.45 bits per heavy atom. The molecule has 0 unspecified atom stereocenters. The van der Waals surface area contributed by atoms with Crippen molar-refractivity contribution in [1.29, 1.82) is 0 Å². The Bertz CT molecular complexity index is 236. The number of aryl methyl sites for hydroxylation is 2. The first-order chi connectivity index (χ1) is 4.74. The van der Waals surface area contributed by atoms with Gasteiger partial charge in [0.2, 0.25) is 0 Å². The van der Waals surface area contributed by atoms with Gasteiger partial charge in [-0.15, -0.1) is 17.0 Å². The molecule has 0 aromatic carbocycles. The lowest BCUT2D eigenvalue weighted by molar-refractivity contribution is 1.11. The minimum absolute atomic E-state index is 0. The summed E-state index contributed by atoms with van der Waals surface area (Å²) in [7, 11) is 0. The number of alkyl halides is 1. The molecule has 11 heavy (non-hydrogen) atoms. The predicted molar refractivity (Wildman–Crippen MR) is 56.7 cm³/mol. The van der Waals surface area contributed by atoms with Gasteiger partial charge in [0.25, 0.3) is 0 Å². The standard InChI is InChI=1S/C8H10BrN.BrH/c1-6-3-7(2)8(4-9)10-5-6;/h3,5H,4H2,1-2H3;1H. The summed E-state index contributed by atoms with van der Waals surface area (Å²) < 4.78 is 0. The van der Waals surface area contributed by atoms with Crippen LogP contribution in [0.15, 0.2) is 12.3 Å². The average molecular weight is 281 g/mol. The Balaban J connectivity index is 0.000001000. The maximum atomic E-state index is 4.25. The summed E-state index contributed by atoms with van der Waals surface area (Å²) in [5, 5.41) is 0.846. The van der Waals surface area contributed by atoms with E-state index in [0.717, 1.165) is 11.0 Å². The molecule has 0 radical (unpaired) electrons. The van der Waals surface area contributed by atoms with Gasteiger partial charge >= 0.3 is 0 Å². The second-order valence-electron chi connectivity index (χ2n) is 2.41. The summed E-state index contributed by atoms with van der Waals surface area (Å²) in [6, 6.07) is 2.14.